The third-order valence-corrected chi connectivity index (χ3v) is 3.73. The molecule has 5 heteroatoms. The van der Waals surface area contributed by atoms with Crippen LogP contribution in [0.25, 0.3) is 0 Å². The number of hydrogen-bond donors (Lipinski definition) is 2. The van der Waals surface area contributed by atoms with Crippen molar-refractivity contribution in [1.82, 2.24) is 10.2 Å². The number of nitrogens with zero attached hydrogens (tertiary/aromatic N) is 1. The topological polar surface area (TPSA) is 61.8 Å². The highest BCUT2D eigenvalue weighted by molar-refractivity contribution is 5.64. The van der Waals surface area contributed by atoms with E-state index in [9.17, 15) is 4.79 Å². The minimum Gasteiger partial charge on any atom is -0.465 e. The smallest absolute Gasteiger partial charge is 0.404 e. The molecule has 0 saturated carbocycles. The molecular formula is C12H22N2O3. The Labute approximate surface area is 102 Å². The minimum absolute atomic E-state index is 0.0404. The molecule has 0 radical (unpaired) electrons. The van der Waals surface area contributed by atoms with Gasteiger partial charge in [0, 0.05) is 31.8 Å². The van der Waals surface area contributed by atoms with E-state index in [2.05, 4.69) is 24.1 Å². The van der Waals surface area contributed by atoms with Gasteiger partial charge in [0.15, 0.2) is 0 Å². The predicted octanol–water partition coefficient (Wildman–Crippen LogP) is 1.29. The third-order valence-electron chi connectivity index (χ3n) is 3.73. The summed E-state index contributed by atoms with van der Waals surface area (Å²) in [6, 6.07) is 0.637. The summed E-state index contributed by atoms with van der Waals surface area (Å²) in [5.74, 6) is 0. The second kappa shape index (κ2) is 4.82. The van der Waals surface area contributed by atoms with Crippen LogP contribution in [0.15, 0.2) is 0 Å². The average Bonchev–Trinajstić information content (AvgIpc) is 2.63. The Morgan fingerprint density at radius 1 is 1.47 bits per heavy atom. The SMILES string of the molecule is CC1(C)CC(N2CCC(NC(=O)O)C2)CCO1. The molecule has 98 valence electrons. The maximum absolute atomic E-state index is 10.6. The molecule has 0 aromatic heterocycles. The number of rotatable bonds is 2. The lowest BCUT2D eigenvalue weighted by Gasteiger charge is -2.39. The highest BCUT2D eigenvalue weighted by Crippen LogP contribution is 2.29. The molecular weight excluding hydrogens is 220 g/mol. The van der Waals surface area contributed by atoms with Gasteiger partial charge >= 0.3 is 6.09 Å². The Morgan fingerprint density at radius 2 is 2.24 bits per heavy atom. The van der Waals surface area contributed by atoms with Gasteiger partial charge in [-0.2, -0.15) is 0 Å². The lowest BCUT2D eigenvalue weighted by molar-refractivity contribution is -0.0804. The quantitative estimate of drug-likeness (QED) is 0.766. The van der Waals surface area contributed by atoms with E-state index in [1.165, 1.54) is 0 Å². The first-order valence-electron chi connectivity index (χ1n) is 6.34. The van der Waals surface area contributed by atoms with Crippen molar-refractivity contribution in [3.05, 3.63) is 0 Å². The molecule has 5 nitrogen and oxygen atoms in total. The fourth-order valence-corrected chi connectivity index (χ4v) is 2.92. The van der Waals surface area contributed by atoms with Crippen LogP contribution in [-0.4, -0.2) is 53.5 Å². The first-order valence-corrected chi connectivity index (χ1v) is 6.34. The van der Waals surface area contributed by atoms with Gasteiger partial charge in [-0.15, -0.1) is 0 Å². The Morgan fingerprint density at radius 3 is 2.88 bits per heavy atom. The second-order valence-corrected chi connectivity index (χ2v) is 5.68. The molecule has 2 rings (SSSR count). The Balaban J connectivity index is 1.85. The highest BCUT2D eigenvalue weighted by atomic mass is 16.5. The molecule has 0 aliphatic carbocycles. The molecule has 2 aliphatic heterocycles. The molecule has 2 heterocycles. The largest absolute Gasteiger partial charge is 0.465 e. The van der Waals surface area contributed by atoms with Crippen molar-refractivity contribution in [2.75, 3.05) is 19.7 Å². The highest BCUT2D eigenvalue weighted by Gasteiger charge is 2.35. The molecule has 0 bridgehead atoms. The molecule has 2 unspecified atom stereocenters. The van der Waals surface area contributed by atoms with E-state index in [1.807, 2.05) is 0 Å². The molecule has 17 heavy (non-hydrogen) atoms. The zero-order valence-corrected chi connectivity index (χ0v) is 10.6. The molecule has 0 spiro atoms. The predicted molar refractivity (Wildman–Crippen MR) is 64.2 cm³/mol. The van der Waals surface area contributed by atoms with E-state index in [-0.39, 0.29) is 11.6 Å². The summed E-state index contributed by atoms with van der Waals surface area (Å²) < 4.78 is 5.71. The number of likely N-dealkylation sites (tertiary alicyclic amines) is 1. The number of ether oxygens (including phenoxy) is 1. The molecule has 0 aromatic carbocycles. The van der Waals surface area contributed by atoms with Crippen molar-refractivity contribution < 1.29 is 14.6 Å². The van der Waals surface area contributed by atoms with Crippen molar-refractivity contribution >= 4 is 6.09 Å². The summed E-state index contributed by atoms with van der Waals surface area (Å²) in [6.07, 6.45) is 2.10. The van der Waals surface area contributed by atoms with Gasteiger partial charge < -0.3 is 15.2 Å². The van der Waals surface area contributed by atoms with E-state index in [0.29, 0.717) is 6.04 Å². The van der Waals surface area contributed by atoms with Crippen LogP contribution in [0.5, 0.6) is 0 Å². The molecule has 2 aliphatic rings. The zero-order valence-electron chi connectivity index (χ0n) is 10.6. The van der Waals surface area contributed by atoms with Gasteiger partial charge in [-0.25, -0.2) is 4.79 Å². The fourth-order valence-electron chi connectivity index (χ4n) is 2.92. The van der Waals surface area contributed by atoms with Gasteiger partial charge in [-0.1, -0.05) is 0 Å². The van der Waals surface area contributed by atoms with E-state index >= 15 is 0 Å². The van der Waals surface area contributed by atoms with Gasteiger partial charge in [-0.3, -0.25) is 4.90 Å². The standard InChI is InChI=1S/C12H22N2O3/c1-12(2)7-10(4-6-17-12)14-5-3-9(8-14)13-11(15)16/h9-10,13H,3-8H2,1-2H3,(H,15,16). The molecule has 1 amide bonds. The van der Waals surface area contributed by atoms with Crippen molar-refractivity contribution in [3.63, 3.8) is 0 Å². The summed E-state index contributed by atoms with van der Waals surface area (Å²) >= 11 is 0. The lowest BCUT2D eigenvalue weighted by atomic mass is 9.93. The van der Waals surface area contributed by atoms with Crippen LogP contribution in [0.4, 0.5) is 4.79 Å². The number of carbonyl (C=O) groups is 1. The van der Waals surface area contributed by atoms with Crippen LogP contribution < -0.4 is 5.32 Å². The Kier molecular flexibility index (Phi) is 3.58. The van der Waals surface area contributed by atoms with Crippen molar-refractivity contribution in [2.45, 2.75) is 50.8 Å². The summed E-state index contributed by atoms with van der Waals surface area (Å²) in [5, 5.41) is 11.3. The molecule has 2 fully saturated rings. The molecule has 2 saturated heterocycles. The number of hydrogen-bond acceptors (Lipinski definition) is 3. The van der Waals surface area contributed by atoms with Crippen molar-refractivity contribution in [3.8, 4) is 0 Å². The van der Waals surface area contributed by atoms with Gasteiger partial charge in [0.25, 0.3) is 0 Å². The number of amides is 1. The Bertz CT molecular complexity index is 293. The lowest BCUT2D eigenvalue weighted by Crippen LogP contribution is -2.46. The minimum atomic E-state index is -0.913. The van der Waals surface area contributed by atoms with E-state index < -0.39 is 6.09 Å². The van der Waals surface area contributed by atoms with Crippen LogP contribution >= 0.6 is 0 Å². The van der Waals surface area contributed by atoms with E-state index in [0.717, 1.165) is 39.0 Å². The maximum Gasteiger partial charge on any atom is 0.404 e. The third kappa shape index (κ3) is 3.33. The van der Waals surface area contributed by atoms with Crippen molar-refractivity contribution in [1.29, 1.82) is 0 Å². The van der Waals surface area contributed by atoms with Crippen LogP contribution in [-0.2, 0) is 4.74 Å². The number of carboxylic acid groups (broad SMARTS) is 1. The maximum atomic E-state index is 10.6. The second-order valence-electron chi connectivity index (χ2n) is 5.68. The first kappa shape index (κ1) is 12.6. The summed E-state index contributed by atoms with van der Waals surface area (Å²) in [5.41, 5.74) is -0.0404. The first-order chi connectivity index (χ1) is 7.96. The Hall–Kier alpha value is -0.810. The van der Waals surface area contributed by atoms with Gasteiger partial charge in [0.05, 0.1) is 5.60 Å². The molecule has 0 aromatic rings. The van der Waals surface area contributed by atoms with E-state index in [4.69, 9.17) is 9.84 Å². The summed E-state index contributed by atoms with van der Waals surface area (Å²) in [7, 11) is 0. The van der Waals surface area contributed by atoms with Crippen LogP contribution in [0, 0.1) is 0 Å². The monoisotopic (exact) mass is 242 g/mol. The molecule has 2 N–H and O–H groups in total. The van der Waals surface area contributed by atoms with Crippen molar-refractivity contribution in [2.24, 2.45) is 0 Å². The van der Waals surface area contributed by atoms with Gasteiger partial charge in [0.2, 0.25) is 0 Å². The summed E-state index contributed by atoms with van der Waals surface area (Å²) in [4.78, 5) is 13.0. The van der Waals surface area contributed by atoms with Crippen LogP contribution in [0.2, 0.25) is 0 Å². The van der Waals surface area contributed by atoms with Gasteiger partial charge in [0.1, 0.15) is 0 Å². The summed E-state index contributed by atoms with van der Waals surface area (Å²) in [6.45, 7) is 6.90. The number of nitrogens with one attached hydrogen (secondary N) is 1. The van der Waals surface area contributed by atoms with Crippen LogP contribution in [0.1, 0.15) is 33.1 Å². The molecule has 2 atom stereocenters. The van der Waals surface area contributed by atoms with Crippen LogP contribution in [0.3, 0.4) is 0 Å². The average molecular weight is 242 g/mol. The van der Waals surface area contributed by atoms with Gasteiger partial charge in [-0.05, 0) is 33.1 Å². The van der Waals surface area contributed by atoms with E-state index in [1.54, 1.807) is 0 Å². The zero-order chi connectivity index (χ0) is 12.5. The fraction of sp³-hybridized carbons (Fsp3) is 0.917. The normalized spacial score (nSPS) is 33.5.